The Hall–Kier alpha value is -2.60. The highest BCUT2D eigenvalue weighted by Crippen LogP contribution is 2.44. The summed E-state index contributed by atoms with van der Waals surface area (Å²) in [5.41, 5.74) is 4.33. The fraction of sp³-hybridized carbons (Fsp3) is 0.222. The van der Waals surface area contributed by atoms with E-state index in [4.69, 9.17) is 28.3 Å². The summed E-state index contributed by atoms with van der Waals surface area (Å²) in [4.78, 5) is 17.7. The van der Waals surface area contributed by atoms with Gasteiger partial charge in [-0.15, -0.1) is 0 Å². The van der Waals surface area contributed by atoms with Crippen LogP contribution in [-0.4, -0.2) is 27.4 Å². The quantitative estimate of drug-likeness (QED) is 0.340. The summed E-state index contributed by atoms with van der Waals surface area (Å²) in [6, 6.07) is 21.2. The number of benzene rings is 2. The number of hydrogen-bond acceptors (Lipinski definition) is 4. The number of pyridine rings is 1. The molecule has 2 aliphatic rings. The number of carbonyl (C=O) groups excluding carboxylic acids is 1. The number of rotatable bonds is 5. The Balaban J connectivity index is 1.47. The third kappa shape index (κ3) is 5.07. The van der Waals surface area contributed by atoms with Gasteiger partial charge in [-0.25, -0.2) is 9.99 Å². The first-order valence-electron chi connectivity index (χ1n) is 11.2. The number of amides is 1. The number of thioether (sulfide) groups is 1. The van der Waals surface area contributed by atoms with Crippen LogP contribution in [0.3, 0.4) is 0 Å². The van der Waals surface area contributed by atoms with Gasteiger partial charge in [0.2, 0.25) is 0 Å². The molecule has 2 heterocycles. The van der Waals surface area contributed by atoms with E-state index in [1.54, 1.807) is 11.2 Å². The van der Waals surface area contributed by atoms with Crippen molar-refractivity contribution in [3.05, 3.63) is 99.7 Å². The van der Waals surface area contributed by atoms with Crippen molar-refractivity contribution in [2.24, 2.45) is 11.0 Å². The number of hydrogen-bond donors (Lipinski definition) is 0. The molecule has 0 saturated heterocycles. The number of fused-ring (bicyclic) bond motifs is 1. The molecule has 2 atom stereocenters. The summed E-state index contributed by atoms with van der Waals surface area (Å²) in [6.45, 7) is 0. The lowest BCUT2D eigenvalue weighted by atomic mass is 9.77. The zero-order chi connectivity index (χ0) is 23.5. The fourth-order valence-corrected chi connectivity index (χ4v) is 5.56. The lowest BCUT2D eigenvalue weighted by molar-refractivity contribution is -0.130. The van der Waals surface area contributed by atoms with E-state index in [1.807, 2.05) is 66.7 Å². The molecule has 1 saturated carbocycles. The van der Waals surface area contributed by atoms with Gasteiger partial charge in [-0.3, -0.25) is 4.79 Å². The molecule has 0 spiro atoms. The van der Waals surface area contributed by atoms with E-state index in [0.29, 0.717) is 10.0 Å². The molecular weight excluding hydrogens is 485 g/mol. The molecule has 1 aromatic heterocycles. The average molecular weight is 508 g/mol. The summed E-state index contributed by atoms with van der Waals surface area (Å²) in [5, 5.41) is 8.85. The first-order valence-corrected chi connectivity index (χ1v) is 13.0. The molecule has 4 nitrogen and oxygen atoms in total. The van der Waals surface area contributed by atoms with Gasteiger partial charge in [0.15, 0.2) is 0 Å². The molecule has 0 bridgehead atoms. The molecule has 0 radical (unpaired) electrons. The van der Waals surface area contributed by atoms with E-state index in [0.717, 1.165) is 41.1 Å². The number of carbonyl (C=O) groups is 1. The van der Waals surface area contributed by atoms with Crippen LogP contribution in [0.25, 0.3) is 6.08 Å². The summed E-state index contributed by atoms with van der Waals surface area (Å²) in [6.07, 6.45) is 6.90. The van der Waals surface area contributed by atoms with E-state index < -0.39 is 0 Å². The maximum atomic E-state index is 13.4. The van der Waals surface area contributed by atoms with Gasteiger partial charge in [0.05, 0.1) is 22.5 Å². The van der Waals surface area contributed by atoms with Gasteiger partial charge >= 0.3 is 0 Å². The van der Waals surface area contributed by atoms with Gasteiger partial charge in [-0.2, -0.15) is 5.10 Å². The van der Waals surface area contributed by atoms with Crippen molar-refractivity contribution in [3.63, 3.8) is 0 Å². The van der Waals surface area contributed by atoms with Gasteiger partial charge in [0.25, 0.3) is 5.91 Å². The SMILES string of the molecule is O=C(CSc1ccccn1)N1N=C2/C(=C/c3ccc(Cl)cc3)CCCC2C1c1ccc(Cl)cc1. The number of nitrogens with zero attached hydrogens (tertiary/aromatic N) is 3. The number of hydrazone groups is 1. The lowest BCUT2D eigenvalue weighted by Crippen LogP contribution is -2.32. The Labute approximate surface area is 213 Å². The molecular formula is C27H23Cl2N3OS. The molecule has 2 aromatic carbocycles. The summed E-state index contributed by atoms with van der Waals surface area (Å²) >= 11 is 13.7. The largest absolute Gasteiger partial charge is 0.272 e. The predicted octanol–water partition coefficient (Wildman–Crippen LogP) is 7.30. The molecule has 1 fully saturated rings. The van der Waals surface area contributed by atoms with Crippen LogP contribution in [-0.2, 0) is 4.79 Å². The highest BCUT2D eigenvalue weighted by molar-refractivity contribution is 7.99. The van der Waals surface area contributed by atoms with E-state index in [2.05, 4.69) is 11.1 Å². The molecule has 1 aliphatic carbocycles. The second kappa shape index (κ2) is 10.3. The zero-order valence-electron chi connectivity index (χ0n) is 18.4. The van der Waals surface area contributed by atoms with E-state index in [-0.39, 0.29) is 23.6 Å². The van der Waals surface area contributed by atoms with Crippen molar-refractivity contribution in [2.45, 2.75) is 30.3 Å². The van der Waals surface area contributed by atoms with Gasteiger partial charge < -0.3 is 0 Å². The minimum Gasteiger partial charge on any atom is -0.272 e. The maximum absolute atomic E-state index is 13.4. The molecule has 5 rings (SSSR count). The highest BCUT2D eigenvalue weighted by Gasteiger charge is 2.43. The van der Waals surface area contributed by atoms with E-state index in [9.17, 15) is 4.79 Å². The Morgan fingerprint density at radius 2 is 1.76 bits per heavy atom. The molecule has 34 heavy (non-hydrogen) atoms. The number of halogens is 2. The molecule has 0 N–H and O–H groups in total. The first-order chi connectivity index (χ1) is 16.6. The standard InChI is InChI=1S/C27H23Cl2N3OS/c28-21-11-7-18(8-12-21)16-20-4-3-5-23-26(20)31-32(27(23)19-9-13-22(29)14-10-19)25(33)17-34-24-6-1-2-15-30-24/h1-2,6-16,23,27H,3-5,17H2/b20-16+. The minimum atomic E-state index is -0.141. The fourth-order valence-electron chi connectivity index (χ4n) is 4.59. The topological polar surface area (TPSA) is 45.6 Å². The zero-order valence-corrected chi connectivity index (χ0v) is 20.7. The van der Waals surface area contributed by atoms with Crippen molar-refractivity contribution < 1.29 is 4.79 Å². The molecule has 3 aromatic rings. The Morgan fingerprint density at radius 3 is 2.47 bits per heavy atom. The molecule has 1 aliphatic heterocycles. The van der Waals surface area contributed by atoms with Crippen LogP contribution in [0.4, 0.5) is 0 Å². The summed E-state index contributed by atoms with van der Waals surface area (Å²) in [5.74, 6) is 0.404. The highest BCUT2D eigenvalue weighted by atomic mass is 35.5. The monoisotopic (exact) mass is 507 g/mol. The number of allylic oxidation sites excluding steroid dienone is 1. The third-order valence-electron chi connectivity index (χ3n) is 6.16. The van der Waals surface area contributed by atoms with Crippen LogP contribution in [0, 0.1) is 5.92 Å². The van der Waals surface area contributed by atoms with E-state index in [1.165, 1.54) is 17.3 Å². The summed E-state index contributed by atoms with van der Waals surface area (Å²) < 4.78 is 0. The van der Waals surface area contributed by atoms with Crippen molar-refractivity contribution in [1.29, 1.82) is 0 Å². The van der Waals surface area contributed by atoms with E-state index >= 15 is 0 Å². The normalized spacial score (nSPS) is 20.8. The van der Waals surface area contributed by atoms with Crippen molar-refractivity contribution >= 4 is 52.7 Å². The third-order valence-corrected chi connectivity index (χ3v) is 7.59. The molecule has 2 unspecified atom stereocenters. The smallest absolute Gasteiger partial charge is 0.253 e. The lowest BCUT2D eigenvalue weighted by Gasteiger charge is -2.29. The second-order valence-corrected chi connectivity index (χ2v) is 10.3. The van der Waals surface area contributed by atoms with Crippen molar-refractivity contribution in [3.8, 4) is 0 Å². The van der Waals surface area contributed by atoms with Gasteiger partial charge in [-0.1, -0.05) is 65.3 Å². The Bertz CT molecular complexity index is 1230. The molecule has 7 heteroatoms. The van der Waals surface area contributed by atoms with Gasteiger partial charge in [0, 0.05) is 22.2 Å². The van der Waals surface area contributed by atoms with Crippen LogP contribution in [0.2, 0.25) is 10.0 Å². The predicted molar refractivity (Wildman–Crippen MR) is 140 cm³/mol. The van der Waals surface area contributed by atoms with Gasteiger partial charge in [0.1, 0.15) is 0 Å². The van der Waals surface area contributed by atoms with Crippen molar-refractivity contribution in [1.82, 2.24) is 9.99 Å². The second-order valence-electron chi connectivity index (χ2n) is 8.40. The van der Waals surface area contributed by atoms with Crippen LogP contribution in [0.15, 0.2) is 88.6 Å². The number of aromatic nitrogens is 1. The first kappa shape index (κ1) is 23.2. The van der Waals surface area contributed by atoms with Crippen LogP contribution in [0.5, 0.6) is 0 Å². The van der Waals surface area contributed by atoms with Crippen LogP contribution >= 0.6 is 35.0 Å². The van der Waals surface area contributed by atoms with Gasteiger partial charge in [-0.05, 0) is 78.4 Å². The Morgan fingerprint density at radius 1 is 1.03 bits per heavy atom. The maximum Gasteiger partial charge on any atom is 0.253 e. The van der Waals surface area contributed by atoms with Crippen LogP contribution < -0.4 is 0 Å². The van der Waals surface area contributed by atoms with Crippen LogP contribution in [0.1, 0.15) is 36.4 Å². The molecule has 172 valence electrons. The average Bonchev–Trinajstić information content (AvgIpc) is 3.26. The van der Waals surface area contributed by atoms with Crippen molar-refractivity contribution in [2.75, 3.05) is 5.75 Å². The molecule has 1 amide bonds. The summed E-state index contributed by atoms with van der Waals surface area (Å²) in [7, 11) is 0. The minimum absolute atomic E-state index is 0.0247. The Kier molecular flexibility index (Phi) is 7.05.